The van der Waals surface area contributed by atoms with Crippen LogP contribution in [0.15, 0.2) is 121 Å². The van der Waals surface area contributed by atoms with Crippen molar-refractivity contribution in [3.63, 3.8) is 0 Å². The van der Waals surface area contributed by atoms with Gasteiger partial charge >= 0.3 is 0 Å². The first kappa shape index (κ1) is 29.5. The van der Waals surface area contributed by atoms with Gasteiger partial charge in [0.1, 0.15) is 12.2 Å². The van der Waals surface area contributed by atoms with Crippen LogP contribution in [0.3, 0.4) is 0 Å². The fourth-order valence-electron chi connectivity index (χ4n) is 5.15. The molecule has 0 spiro atoms. The molecular formula is C36H27IN2O4S. The predicted molar refractivity (Wildman–Crippen MR) is 187 cm³/mol. The molecule has 5 aromatic rings. The van der Waals surface area contributed by atoms with E-state index in [0.717, 1.165) is 19.9 Å². The van der Waals surface area contributed by atoms with Crippen LogP contribution < -0.4 is 19.3 Å². The second-order valence-corrected chi connectivity index (χ2v) is 11.5. The molecule has 5 aromatic carbocycles. The number of carbonyl (C=O) groups excluding carboxylic acids is 2. The van der Waals surface area contributed by atoms with Crippen LogP contribution in [0.2, 0.25) is 0 Å². The van der Waals surface area contributed by atoms with Crippen molar-refractivity contribution in [1.29, 1.82) is 0 Å². The molecule has 0 N–H and O–H groups in total. The molecule has 0 atom stereocenters. The molecule has 0 radical (unpaired) electrons. The molecule has 1 heterocycles. The molecular weight excluding hydrogens is 683 g/mol. The van der Waals surface area contributed by atoms with Gasteiger partial charge in [0, 0.05) is 0 Å². The summed E-state index contributed by atoms with van der Waals surface area (Å²) < 4.78 is 13.1. The SMILES string of the molecule is CCOc1cc(C=C2C(=O)N(c3ccccc3)C(=S)N(c3ccccc3)C2=O)cc(I)c1OCc1cccc2ccccc12. The summed E-state index contributed by atoms with van der Waals surface area (Å²) in [5.41, 5.74) is 2.81. The van der Waals surface area contributed by atoms with Gasteiger partial charge in [0.2, 0.25) is 0 Å². The van der Waals surface area contributed by atoms with Gasteiger partial charge in [0.05, 0.1) is 21.6 Å². The van der Waals surface area contributed by atoms with Crippen molar-refractivity contribution in [2.24, 2.45) is 0 Å². The van der Waals surface area contributed by atoms with E-state index in [1.807, 2.05) is 67.6 Å². The van der Waals surface area contributed by atoms with Crippen LogP contribution in [0.4, 0.5) is 11.4 Å². The number of rotatable bonds is 8. The second-order valence-electron chi connectivity index (χ2n) is 9.98. The number of anilines is 2. The van der Waals surface area contributed by atoms with E-state index in [1.165, 1.54) is 9.80 Å². The molecule has 0 aliphatic carbocycles. The molecule has 1 fully saturated rings. The maximum Gasteiger partial charge on any atom is 0.270 e. The molecule has 44 heavy (non-hydrogen) atoms. The van der Waals surface area contributed by atoms with Crippen LogP contribution in [0.1, 0.15) is 18.1 Å². The van der Waals surface area contributed by atoms with Gasteiger partial charge in [-0.3, -0.25) is 19.4 Å². The first-order chi connectivity index (χ1) is 21.5. The quantitative estimate of drug-likeness (QED) is 0.0704. The zero-order chi connectivity index (χ0) is 30.6. The average Bonchev–Trinajstić information content (AvgIpc) is 3.04. The number of nitrogens with zero attached hydrogens (tertiary/aromatic N) is 2. The van der Waals surface area contributed by atoms with Gasteiger partial charge in [-0.25, -0.2) is 0 Å². The number of ether oxygens (including phenoxy) is 2. The van der Waals surface area contributed by atoms with Crippen LogP contribution in [-0.4, -0.2) is 23.5 Å². The molecule has 0 aromatic heterocycles. The number of benzene rings is 5. The fraction of sp³-hybridized carbons (Fsp3) is 0.0833. The number of halogens is 1. The molecule has 6 nitrogen and oxygen atoms in total. The number of fused-ring (bicyclic) bond motifs is 1. The molecule has 8 heteroatoms. The Morgan fingerprint density at radius 2 is 1.34 bits per heavy atom. The minimum atomic E-state index is -0.498. The second kappa shape index (κ2) is 13.0. The van der Waals surface area contributed by atoms with Gasteiger partial charge in [0.15, 0.2) is 16.6 Å². The highest BCUT2D eigenvalue weighted by molar-refractivity contribution is 14.1. The van der Waals surface area contributed by atoms with Crippen LogP contribution in [0, 0.1) is 3.57 Å². The standard InChI is InChI=1S/C36H27IN2O4S/c1-2-42-32-22-24(21-31(37)33(32)43-23-26-14-11-13-25-12-9-10-19-29(25)26)20-30-34(40)38(27-15-5-3-6-16-27)36(44)39(35(30)41)28-17-7-4-8-18-28/h3-22H,2,23H2,1H3. The van der Waals surface area contributed by atoms with Crippen LogP contribution in [0.25, 0.3) is 16.8 Å². The van der Waals surface area contributed by atoms with E-state index in [9.17, 15) is 9.59 Å². The van der Waals surface area contributed by atoms with Gasteiger partial charge in [0.25, 0.3) is 11.8 Å². The number of amides is 2. The minimum Gasteiger partial charge on any atom is -0.490 e. The topological polar surface area (TPSA) is 59.1 Å². The fourth-order valence-corrected chi connectivity index (χ4v) is 6.31. The molecule has 6 rings (SSSR count). The van der Waals surface area contributed by atoms with E-state index in [0.29, 0.717) is 41.7 Å². The number of thiocarbonyl (C=S) groups is 1. The predicted octanol–water partition coefficient (Wildman–Crippen LogP) is 8.17. The lowest BCUT2D eigenvalue weighted by Crippen LogP contribution is -2.56. The molecule has 1 aliphatic heterocycles. The van der Waals surface area contributed by atoms with Gasteiger partial charge < -0.3 is 9.47 Å². The lowest BCUT2D eigenvalue weighted by atomic mass is 10.0. The summed E-state index contributed by atoms with van der Waals surface area (Å²) in [5, 5.41) is 2.37. The maximum atomic E-state index is 13.9. The Morgan fingerprint density at radius 1 is 0.750 bits per heavy atom. The highest BCUT2D eigenvalue weighted by atomic mass is 127. The van der Waals surface area contributed by atoms with Crippen molar-refractivity contribution in [3.8, 4) is 11.5 Å². The van der Waals surface area contributed by atoms with Crippen molar-refractivity contribution in [3.05, 3.63) is 136 Å². The first-order valence-electron chi connectivity index (χ1n) is 14.1. The molecule has 218 valence electrons. The van der Waals surface area contributed by atoms with E-state index < -0.39 is 11.8 Å². The molecule has 0 saturated carbocycles. The zero-order valence-corrected chi connectivity index (χ0v) is 26.7. The highest BCUT2D eigenvalue weighted by Crippen LogP contribution is 2.37. The molecule has 0 unspecified atom stereocenters. The lowest BCUT2D eigenvalue weighted by Gasteiger charge is -2.36. The Balaban J connectivity index is 1.38. The van der Waals surface area contributed by atoms with E-state index >= 15 is 0 Å². The molecule has 2 amide bonds. The Hall–Kier alpha value is -4.54. The third kappa shape index (κ3) is 5.82. The van der Waals surface area contributed by atoms with Crippen molar-refractivity contribution in [1.82, 2.24) is 0 Å². The number of hydrogen-bond donors (Lipinski definition) is 0. The largest absolute Gasteiger partial charge is 0.490 e. The number of hydrogen-bond acceptors (Lipinski definition) is 5. The summed E-state index contributed by atoms with van der Waals surface area (Å²) in [5.74, 6) is 0.129. The van der Waals surface area contributed by atoms with Crippen LogP contribution in [-0.2, 0) is 16.2 Å². The summed E-state index contributed by atoms with van der Waals surface area (Å²) in [6.45, 7) is 2.66. The monoisotopic (exact) mass is 710 g/mol. The molecule has 0 bridgehead atoms. The highest BCUT2D eigenvalue weighted by Gasteiger charge is 2.41. The molecule has 1 saturated heterocycles. The van der Waals surface area contributed by atoms with Crippen molar-refractivity contribution in [2.75, 3.05) is 16.4 Å². The van der Waals surface area contributed by atoms with E-state index in [-0.39, 0.29) is 10.7 Å². The zero-order valence-electron chi connectivity index (χ0n) is 23.8. The smallest absolute Gasteiger partial charge is 0.270 e. The van der Waals surface area contributed by atoms with Crippen molar-refractivity contribution >= 4 is 80.0 Å². The average molecular weight is 711 g/mol. The van der Waals surface area contributed by atoms with Gasteiger partial charge in [-0.2, -0.15) is 0 Å². The van der Waals surface area contributed by atoms with E-state index in [4.69, 9.17) is 21.7 Å². The van der Waals surface area contributed by atoms with Crippen molar-refractivity contribution < 1.29 is 19.1 Å². The Labute approximate surface area is 274 Å². The third-order valence-corrected chi connectivity index (χ3v) is 8.34. The van der Waals surface area contributed by atoms with E-state index in [2.05, 4.69) is 46.9 Å². The van der Waals surface area contributed by atoms with Gasteiger partial charge in [-0.1, -0.05) is 78.9 Å². The van der Waals surface area contributed by atoms with E-state index in [1.54, 1.807) is 36.4 Å². The third-order valence-electron chi connectivity index (χ3n) is 7.17. The lowest BCUT2D eigenvalue weighted by molar-refractivity contribution is -0.120. The molecule has 1 aliphatic rings. The number of para-hydroxylation sites is 2. The number of carbonyl (C=O) groups is 2. The van der Waals surface area contributed by atoms with Gasteiger partial charge in [-0.05, 0) is 106 Å². The summed E-state index contributed by atoms with van der Waals surface area (Å²) in [4.78, 5) is 30.6. The summed E-state index contributed by atoms with van der Waals surface area (Å²) in [6.07, 6.45) is 1.59. The Bertz CT molecular complexity index is 1840. The maximum absolute atomic E-state index is 13.9. The Morgan fingerprint density at radius 3 is 1.98 bits per heavy atom. The summed E-state index contributed by atoms with van der Waals surface area (Å²) >= 11 is 7.92. The van der Waals surface area contributed by atoms with Crippen molar-refractivity contribution in [2.45, 2.75) is 13.5 Å². The van der Waals surface area contributed by atoms with Crippen LogP contribution in [0.5, 0.6) is 11.5 Å². The summed E-state index contributed by atoms with van der Waals surface area (Å²) in [6, 6.07) is 36.2. The first-order valence-corrected chi connectivity index (χ1v) is 15.6. The van der Waals surface area contributed by atoms with Gasteiger partial charge in [-0.15, -0.1) is 0 Å². The Kier molecular flexibility index (Phi) is 8.72. The van der Waals surface area contributed by atoms with Crippen LogP contribution >= 0.6 is 34.8 Å². The summed E-state index contributed by atoms with van der Waals surface area (Å²) in [7, 11) is 0. The normalized spacial score (nSPS) is 13.4. The minimum absolute atomic E-state index is 0.0195.